The zero-order valence-corrected chi connectivity index (χ0v) is 10.2. The maximum Gasteiger partial charge on any atom is 0.121 e. The zero-order chi connectivity index (χ0) is 13.2. The fraction of sp³-hybridized carbons (Fsp3) is 0.417. The molecule has 0 saturated heterocycles. The molecule has 94 valence electrons. The van der Waals surface area contributed by atoms with Crippen molar-refractivity contribution in [2.45, 2.75) is 13.0 Å². The first-order valence-electron chi connectivity index (χ1n) is 5.68. The van der Waals surface area contributed by atoms with Crippen molar-refractivity contribution in [2.24, 2.45) is 5.11 Å². The predicted octanol–water partition coefficient (Wildman–Crippen LogP) is 2.55. The highest BCUT2D eigenvalue weighted by Crippen LogP contribution is 2.17. The number of hydrogen-bond acceptors (Lipinski definition) is 4. The monoisotopic (exact) mass is 245 g/mol. The van der Waals surface area contributed by atoms with Gasteiger partial charge in [0, 0.05) is 18.0 Å². The minimum absolute atomic E-state index is 0.325. The van der Waals surface area contributed by atoms with Crippen molar-refractivity contribution in [3.63, 3.8) is 0 Å². The van der Waals surface area contributed by atoms with Crippen molar-refractivity contribution in [1.29, 1.82) is 5.26 Å². The van der Waals surface area contributed by atoms with Gasteiger partial charge in [0.2, 0.25) is 0 Å². The van der Waals surface area contributed by atoms with Crippen LogP contribution in [-0.4, -0.2) is 19.7 Å². The third-order valence-corrected chi connectivity index (χ3v) is 2.28. The van der Waals surface area contributed by atoms with Gasteiger partial charge >= 0.3 is 0 Å². The molecule has 0 aromatic heterocycles. The summed E-state index contributed by atoms with van der Waals surface area (Å²) in [5.41, 5.74) is 9.00. The van der Waals surface area contributed by atoms with Crippen LogP contribution in [0.4, 0.5) is 0 Å². The van der Waals surface area contributed by atoms with Gasteiger partial charge in [0.05, 0.1) is 12.7 Å². The lowest BCUT2D eigenvalue weighted by Crippen LogP contribution is -2.22. The summed E-state index contributed by atoms with van der Waals surface area (Å²) in [4.78, 5) is 2.65. The smallest absolute Gasteiger partial charge is 0.121 e. The Morgan fingerprint density at radius 2 is 2.22 bits per heavy atom. The highest BCUT2D eigenvalue weighted by molar-refractivity contribution is 5.31. The van der Waals surface area contributed by atoms with E-state index >= 15 is 0 Å². The van der Waals surface area contributed by atoms with E-state index in [1.165, 1.54) is 0 Å². The van der Waals surface area contributed by atoms with E-state index in [0.717, 1.165) is 11.3 Å². The van der Waals surface area contributed by atoms with Gasteiger partial charge in [-0.3, -0.25) is 5.32 Å². The Kier molecular flexibility index (Phi) is 6.12. The molecule has 0 heterocycles. The minimum atomic E-state index is -0.408. The van der Waals surface area contributed by atoms with Crippen molar-refractivity contribution in [2.75, 3.05) is 19.7 Å². The fourth-order valence-corrected chi connectivity index (χ4v) is 1.46. The molecule has 0 bridgehead atoms. The molecule has 6 heteroatoms. The average Bonchev–Trinajstić information content (AvgIpc) is 2.41. The summed E-state index contributed by atoms with van der Waals surface area (Å²) in [6.45, 7) is 3.33. The molecule has 1 aromatic rings. The van der Waals surface area contributed by atoms with Gasteiger partial charge in [0.1, 0.15) is 11.8 Å². The second-order valence-electron chi connectivity index (χ2n) is 3.47. The molecule has 1 atom stereocenters. The van der Waals surface area contributed by atoms with Crippen LogP contribution in [0, 0.1) is 11.3 Å². The quantitative estimate of drug-likeness (QED) is 0.346. The number of hydrogen-bond donors (Lipinski definition) is 1. The Labute approximate surface area is 106 Å². The number of benzene rings is 1. The highest BCUT2D eigenvalue weighted by Gasteiger charge is 2.08. The molecule has 0 aliphatic rings. The van der Waals surface area contributed by atoms with Crippen molar-refractivity contribution < 1.29 is 4.74 Å². The summed E-state index contributed by atoms with van der Waals surface area (Å²) in [6.07, 6.45) is 0. The molecule has 0 spiro atoms. The van der Waals surface area contributed by atoms with Gasteiger partial charge in [0.25, 0.3) is 0 Å². The molecular formula is C12H15N5O. The maximum absolute atomic E-state index is 9.06. The van der Waals surface area contributed by atoms with Crippen LogP contribution in [-0.2, 0) is 0 Å². The normalized spacial score (nSPS) is 11.1. The van der Waals surface area contributed by atoms with Crippen LogP contribution in [0.5, 0.6) is 5.75 Å². The summed E-state index contributed by atoms with van der Waals surface area (Å²) < 4.78 is 5.33. The SMILES string of the molecule is CCOc1ccc(C(C#N)NCCN=[N+]=[N-])cc1. The summed E-state index contributed by atoms with van der Waals surface area (Å²) >= 11 is 0. The molecule has 0 aliphatic heterocycles. The van der Waals surface area contributed by atoms with E-state index < -0.39 is 6.04 Å². The average molecular weight is 245 g/mol. The molecule has 1 aromatic carbocycles. The van der Waals surface area contributed by atoms with Gasteiger partial charge in [-0.25, -0.2) is 0 Å². The summed E-state index contributed by atoms with van der Waals surface area (Å²) in [7, 11) is 0. The molecule has 0 amide bonds. The fourth-order valence-electron chi connectivity index (χ4n) is 1.46. The zero-order valence-electron chi connectivity index (χ0n) is 10.2. The number of nitriles is 1. The molecule has 0 saturated carbocycles. The van der Waals surface area contributed by atoms with Crippen LogP contribution in [0.15, 0.2) is 29.4 Å². The van der Waals surface area contributed by atoms with Crippen LogP contribution in [0.3, 0.4) is 0 Å². The first kappa shape index (κ1) is 13.8. The largest absolute Gasteiger partial charge is 0.494 e. The van der Waals surface area contributed by atoms with Crippen molar-refractivity contribution in [3.05, 3.63) is 40.3 Å². The summed E-state index contributed by atoms with van der Waals surface area (Å²) in [5, 5.41) is 15.5. The number of nitrogens with zero attached hydrogens (tertiary/aromatic N) is 4. The van der Waals surface area contributed by atoms with Crippen molar-refractivity contribution in [1.82, 2.24) is 5.32 Å². The van der Waals surface area contributed by atoms with E-state index in [9.17, 15) is 0 Å². The Hall–Kier alpha value is -2.22. The molecule has 1 unspecified atom stereocenters. The molecule has 6 nitrogen and oxygen atoms in total. The topological polar surface area (TPSA) is 93.8 Å². The first-order chi connectivity index (χ1) is 8.81. The van der Waals surface area contributed by atoms with E-state index in [1.807, 2.05) is 31.2 Å². The van der Waals surface area contributed by atoms with Gasteiger partial charge in [-0.2, -0.15) is 5.26 Å². The molecule has 18 heavy (non-hydrogen) atoms. The number of nitrogens with one attached hydrogen (secondary N) is 1. The van der Waals surface area contributed by atoms with Crippen LogP contribution >= 0.6 is 0 Å². The minimum Gasteiger partial charge on any atom is -0.494 e. The van der Waals surface area contributed by atoms with Gasteiger partial charge < -0.3 is 4.74 Å². The predicted molar refractivity (Wildman–Crippen MR) is 68.0 cm³/mol. The second-order valence-corrected chi connectivity index (χ2v) is 3.47. The third-order valence-electron chi connectivity index (χ3n) is 2.28. The molecule has 0 radical (unpaired) electrons. The second kappa shape index (κ2) is 7.96. The van der Waals surface area contributed by atoms with Crippen molar-refractivity contribution in [3.8, 4) is 11.8 Å². The van der Waals surface area contributed by atoms with Gasteiger partial charge in [-0.1, -0.05) is 17.2 Å². The van der Waals surface area contributed by atoms with Crippen LogP contribution in [0.25, 0.3) is 10.4 Å². The van der Waals surface area contributed by atoms with E-state index in [2.05, 4.69) is 21.4 Å². The first-order valence-corrected chi connectivity index (χ1v) is 5.68. The number of ether oxygens (including phenoxy) is 1. The van der Waals surface area contributed by atoms with Gasteiger partial charge in [-0.15, -0.1) is 0 Å². The maximum atomic E-state index is 9.06. The molecule has 0 aliphatic carbocycles. The third kappa shape index (κ3) is 4.34. The van der Waals surface area contributed by atoms with E-state index in [1.54, 1.807) is 0 Å². The Morgan fingerprint density at radius 3 is 2.78 bits per heavy atom. The molecule has 1 rings (SSSR count). The molecule has 1 N–H and O–H groups in total. The number of azide groups is 1. The number of rotatable bonds is 7. The lowest BCUT2D eigenvalue weighted by atomic mass is 10.1. The van der Waals surface area contributed by atoms with Crippen LogP contribution < -0.4 is 10.1 Å². The van der Waals surface area contributed by atoms with E-state index in [-0.39, 0.29) is 0 Å². The summed E-state index contributed by atoms with van der Waals surface area (Å²) in [6, 6.07) is 9.11. The van der Waals surface area contributed by atoms with Gasteiger partial charge in [-0.05, 0) is 30.2 Å². The Morgan fingerprint density at radius 1 is 1.50 bits per heavy atom. The lowest BCUT2D eigenvalue weighted by molar-refractivity contribution is 0.340. The van der Waals surface area contributed by atoms with E-state index in [4.69, 9.17) is 15.5 Å². The highest BCUT2D eigenvalue weighted by atomic mass is 16.5. The van der Waals surface area contributed by atoms with E-state index in [0.29, 0.717) is 19.7 Å². The van der Waals surface area contributed by atoms with Crippen molar-refractivity contribution >= 4 is 0 Å². The van der Waals surface area contributed by atoms with Crippen LogP contribution in [0.2, 0.25) is 0 Å². The summed E-state index contributed by atoms with van der Waals surface area (Å²) in [5.74, 6) is 0.784. The Bertz CT molecular complexity index is 445. The van der Waals surface area contributed by atoms with Gasteiger partial charge in [0.15, 0.2) is 0 Å². The molecule has 0 fully saturated rings. The van der Waals surface area contributed by atoms with Crippen LogP contribution in [0.1, 0.15) is 18.5 Å². The lowest BCUT2D eigenvalue weighted by Gasteiger charge is -2.11. The molecular weight excluding hydrogens is 230 g/mol. The Balaban J connectivity index is 2.59. The standard InChI is InChI=1S/C12H15N5O/c1-2-18-11-5-3-10(4-6-11)12(9-13)15-7-8-16-17-14/h3-6,12,15H,2,7-8H2,1H3.